The number of aromatic nitrogens is 3. The Morgan fingerprint density at radius 2 is 0.812 bits per heavy atom. The van der Waals surface area contributed by atoms with Crippen LogP contribution < -0.4 is 4.90 Å². The molecule has 2 heterocycles. The first kappa shape index (κ1) is 29.4. The van der Waals surface area contributed by atoms with Crippen molar-refractivity contribution in [3.8, 4) is 34.2 Å². The second-order valence-corrected chi connectivity index (χ2v) is 14.5. The average Bonchev–Trinajstić information content (AvgIpc) is 3.90. The van der Waals surface area contributed by atoms with Crippen molar-refractivity contribution >= 4 is 28.8 Å². The maximum absolute atomic E-state index is 5.08. The molecule has 236 valence electrons. The highest BCUT2D eigenvalue weighted by atomic mass is 32.2. The van der Waals surface area contributed by atoms with Crippen LogP contribution in [0.4, 0.5) is 17.1 Å². The summed E-state index contributed by atoms with van der Waals surface area (Å²) in [6, 6.07) is 43.9. The van der Waals surface area contributed by atoms with Gasteiger partial charge in [-0.15, -0.1) is 0 Å². The Hall–Kier alpha value is -4.74. The molecule has 2 saturated carbocycles. The molecule has 5 heteroatoms. The van der Waals surface area contributed by atoms with E-state index in [1.165, 1.54) is 83.7 Å². The topological polar surface area (TPSA) is 41.9 Å². The third kappa shape index (κ3) is 5.60. The van der Waals surface area contributed by atoms with E-state index in [1.54, 1.807) is 0 Å². The third-order valence-corrected chi connectivity index (χ3v) is 11.6. The number of nitrogens with zero attached hydrogens (tertiary/aromatic N) is 4. The van der Waals surface area contributed by atoms with E-state index in [-0.39, 0.29) is 0 Å². The summed E-state index contributed by atoms with van der Waals surface area (Å²) in [4.78, 5) is 20.1. The molecule has 0 amide bonds. The lowest BCUT2D eigenvalue weighted by molar-refractivity contribution is 0.723. The van der Waals surface area contributed by atoms with Crippen LogP contribution in [0.1, 0.15) is 74.3 Å². The van der Waals surface area contributed by atoms with Crippen LogP contribution in [0, 0.1) is 0 Å². The van der Waals surface area contributed by atoms with Gasteiger partial charge in [0.25, 0.3) is 0 Å². The SMILES string of the molecule is c1ccc2c(c1)Sc1ccccc1N2c1ccc(-c2nc(-c3ccc(C4CCCC4)cc3)nc(-c3ccc(C4CCCC4)cc3)n2)cc1. The van der Waals surface area contributed by atoms with Crippen molar-refractivity contribution in [2.45, 2.75) is 73.0 Å². The molecule has 6 aromatic rings. The lowest BCUT2D eigenvalue weighted by atomic mass is 9.96. The predicted molar refractivity (Wildman–Crippen MR) is 197 cm³/mol. The lowest BCUT2D eigenvalue weighted by Gasteiger charge is -2.32. The van der Waals surface area contributed by atoms with Crippen LogP contribution in [0.3, 0.4) is 0 Å². The van der Waals surface area contributed by atoms with Crippen molar-refractivity contribution in [1.29, 1.82) is 0 Å². The first-order chi connectivity index (χ1) is 23.8. The molecule has 0 radical (unpaired) electrons. The van der Waals surface area contributed by atoms with Gasteiger partial charge >= 0.3 is 0 Å². The molecule has 1 aromatic heterocycles. The minimum Gasteiger partial charge on any atom is -0.308 e. The standard InChI is InChI=1S/C43H38N4S/c1-2-10-29(9-1)31-17-21-33(22-18-31)41-44-42(34-23-19-32(20-24-34)30-11-3-4-12-30)46-43(45-41)35-25-27-36(28-26-35)47-37-13-5-7-15-39(37)48-40-16-8-6-14-38(40)47/h5-8,13-30H,1-4,9-12H2. The maximum atomic E-state index is 5.08. The smallest absolute Gasteiger partial charge is 0.164 e. The predicted octanol–water partition coefficient (Wildman–Crippen LogP) is 12.1. The summed E-state index contributed by atoms with van der Waals surface area (Å²) in [6.45, 7) is 0. The monoisotopic (exact) mass is 642 g/mol. The van der Waals surface area contributed by atoms with Crippen LogP contribution in [-0.2, 0) is 0 Å². The molecule has 0 saturated heterocycles. The van der Waals surface area contributed by atoms with Crippen LogP contribution in [0.2, 0.25) is 0 Å². The first-order valence-electron chi connectivity index (χ1n) is 17.5. The third-order valence-electron chi connectivity index (χ3n) is 10.4. The Morgan fingerprint density at radius 3 is 1.23 bits per heavy atom. The van der Waals surface area contributed by atoms with Crippen LogP contribution in [0.5, 0.6) is 0 Å². The van der Waals surface area contributed by atoms with Crippen LogP contribution >= 0.6 is 11.8 Å². The molecule has 2 aliphatic carbocycles. The summed E-state index contributed by atoms with van der Waals surface area (Å²) in [5, 5.41) is 0. The Kier molecular flexibility index (Phi) is 7.78. The molecular formula is C43H38N4S. The number of fused-ring (bicyclic) bond motifs is 2. The minimum absolute atomic E-state index is 0.679. The highest BCUT2D eigenvalue weighted by Gasteiger charge is 2.25. The number of hydrogen-bond acceptors (Lipinski definition) is 5. The Morgan fingerprint density at radius 1 is 0.438 bits per heavy atom. The molecule has 0 unspecified atom stereocenters. The zero-order valence-electron chi connectivity index (χ0n) is 27.1. The van der Waals surface area contributed by atoms with E-state index in [9.17, 15) is 0 Å². The van der Waals surface area contributed by atoms with Gasteiger partial charge in [-0.1, -0.05) is 110 Å². The van der Waals surface area contributed by atoms with E-state index in [0.717, 1.165) is 22.4 Å². The molecule has 0 spiro atoms. The molecular weight excluding hydrogens is 605 g/mol. The minimum atomic E-state index is 0.679. The average molecular weight is 643 g/mol. The summed E-state index contributed by atoms with van der Waals surface area (Å²) in [6.07, 6.45) is 10.5. The molecule has 5 aromatic carbocycles. The lowest BCUT2D eigenvalue weighted by Crippen LogP contribution is -2.14. The zero-order valence-corrected chi connectivity index (χ0v) is 27.9. The van der Waals surface area contributed by atoms with Gasteiger partial charge in [-0.05, 0) is 97.2 Å². The normalized spacial score (nSPS) is 16.2. The van der Waals surface area contributed by atoms with E-state index in [4.69, 9.17) is 15.0 Å². The molecule has 4 nitrogen and oxygen atoms in total. The van der Waals surface area contributed by atoms with Crippen molar-refractivity contribution in [3.63, 3.8) is 0 Å². The largest absolute Gasteiger partial charge is 0.308 e. The molecule has 0 N–H and O–H groups in total. The number of para-hydroxylation sites is 2. The van der Waals surface area contributed by atoms with E-state index < -0.39 is 0 Å². The second kappa shape index (κ2) is 12.7. The molecule has 1 aliphatic heterocycles. The van der Waals surface area contributed by atoms with Crippen LogP contribution in [0.15, 0.2) is 131 Å². The van der Waals surface area contributed by atoms with Crippen LogP contribution in [0.25, 0.3) is 34.2 Å². The Bertz CT molecular complexity index is 1940. The van der Waals surface area contributed by atoms with Crippen LogP contribution in [-0.4, -0.2) is 15.0 Å². The summed E-state index contributed by atoms with van der Waals surface area (Å²) >= 11 is 1.83. The van der Waals surface area contributed by atoms with Gasteiger partial charge in [-0.3, -0.25) is 0 Å². The summed E-state index contributed by atoms with van der Waals surface area (Å²) in [7, 11) is 0. The maximum Gasteiger partial charge on any atom is 0.164 e. The summed E-state index contributed by atoms with van der Waals surface area (Å²) < 4.78 is 0. The zero-order chi connectivity index (χ0) is 31.9. The van der Waals surface area contributed by atoms with E-state index >= 15 is 0 Å². The van der Waals surface area contributed by atoms with Crippen molar-refractivity contribution in [2.75, 3.05) is 4.90 Å². The van der Waals surface area contributed by atoms with Crippen molar-refractivity contribution in [3.05, 3.63) is 132 Å². The van der Waals surface area contributed by atoms with E-state index in [0.29, 0.717) is 29.3 Å². The van der Waals surface area contributed by atoms with Gasteiger partial charge < -0.3 is 4.90 Å². The van der Waals surface area contributed by atoms with Gasteiger partial charge in [-0.25, -0.2) is 15.0 Å². The number of rotatable bonds is 6. The van der Waals surface area contributed by atoms with E-state index in [2.05, 4.69) is 126 Å². The van der Waals surface area contributed by atoms with Gasteiger partial charge in [-0.2, -0.15) is 0 Å². The number of benzene rings is 5. The van der Waals surface area contributed by atoms with Gasteiger partial charge in [0.05, 0.1) is 11.4 Å². The molecule has 9 rings (SSSR count). The summed E-state index contributed by atoms with van der Waals surface area (Å²) in [5.74, 6) is 3.48. The number of hydrogen-bond donors (Lipinski definition) is 0. The molecule has 0 atom stereocenters. The van der Waals surface area contributed by atoms with Crippen molar-refractivity contribution in [2.24, 2.45) is 0 Å². The van der Waals surface area contributed by atoms with Crippen molar-refractivity contribution < 1.29 is 0 Å². The highest BCUT2D eigenvalue weighted by Crippen LogP contribution is 2.51. The van der Waals surface area contributed by atoms with Gasteiger partial charge in [0.15, 0.2) is 17.5 Å². The first-order valence-corrected chi connectivity index (χ1v) is 18.3. The summed E-state index contributed by atoms with van der Waals surface area (Å²) in [5.41, 5.74) is 9.40. The molecule has 0 bridgehead atoms. The molecule has 3 aliphatic rings. The van der Waals surface area contributed by atoms with Gasteiger partial charge in [0, 0.05) is 32.2 Å². The Balaban J connectivity index is 1.09. The number of anilines is 3. The highest BCUT2D eigenvalue weighted by molar-refractivity contribution is 7.99. The fourth-order valence-electron chi connectivity index (χ4n) is 7.83. The van der Waals surface area contributed by atoms with Crippen molar-refractivity contribution in [1.82, 2.24) is 15.0 Å². The fraction of sp³-hybridized carbons (Fsp3) is 0.233. The van der Waals surface area contributed by atoms with Gasteiger partial charge in [0.2, 0.25) is 0 Å². The molecule has 2 fully saturated rings. The van der Waals surface area contributed by atoms with Gasteiger partial charge in [0.1, 0.15) is 0 Å². The Labute approximate surface area is 287 Å². The quantitative estimate of drug-likeness (QED) is 0.181. The second-order valence-electron chi connectivity index (χ2n) is 13.4. The molecule has 48 heavy (non-hydrogen) atoms. The fourth-order valence-corrected chi connectivity index (χ4v) is 8.89. The van der Waals surface area contributed by atoms with E-state index in [1.807, 2.05) is 11.8 Å².